The fraction of sp³-hybridized carbons (Fsp3) is 0.182. The highest BCUT2D eigenvalue weighted by atomic mass is 79.9. The standard InChI is InChI=1S/C11H10BrN3OS2/c1-17-11-15-14-10(18-11)13-9(16)6-7-3-2-4-8(12)5-7/h2-5H,6H2,1H3,(H,13,14,16). The molecule has 0 radical (unpaired) electrons. The summed E-state index contributed by atoms with van der Waals surface area (Å²) in [5.74, 6) is -0.0862. The van der Waals surface area contributed by atoms with Crippen molar-refractivity contribution in [2.45, 2.75) is 10.8 Å². The van der Waals surface area contributed by atoms with E-state index in [0.29, 0.717) is 11.6 Å². The van der Waals surface area contributed by atoms with Crippen LogP contribution < -0.4 is 5.32 Å². The third kappa shape index (κ3) is 3.79. The number of nitrogens with zero attached hydrogens (tertiary/aromatic N) is 2. The van der Waals surface area contributed by atoms with E-state index < -0.39 is 0 Å². The number of carbonyl (C=O) groups excluding carboxylic acids is 1. The zero-order chi connectivity index (χ0) is 13.0. The first-order valence-electron chi connectivity index (χ1n) is 5.09. The molecular formula is C11H10BrN3OS2. The molecule has 0 unspecified atom stereocenters. The maximum Gasteiger partial charge on any atom is 0.230 e. The van der Waals surface area contributed by atoms with E-state index in [0.717, 1.165) is 14.4 Å². The van der Waals surface area contributed by atoms with Crippen molar-refractivity contribution in [3.63, 3.8) is 0 Å². The van der Waals surface area contributed by atoms with Crippen LogP contribution >= 0.6 is 39.0 Å². The van der Waals surface area contributed by atoms with E-state index in [1.54, 1.807) is 0 Å². The van der Waals surface area contributed by atoms with Crippen molar-refractivity contribution >= 4 is 50.1 Å². The van der Waals surface area contributed by atoms with Crippen molar-refractivity contribution in [3.05, 3.63) is 34.3 Å². The quantitative estimate of drug-likeness (QED) is 0.684. The summed E-state index contributed by atoms with van der Waals surface area (Å²) in [5.41, 5.74) is 0.955. The van der Waals surface area contributed by atoms with Crippen molar-refractivity contribution in [1.29, 1.82) is 0 Å². The Labute approximate surface area is 121 Å². The summed E-state index contributed by atoms with van der Waals surface area (Å²) >= 11 is 6.26. The van der Waals surface area contributed by atoms with E-state index in [9.17, 15) is 4.79 Å². The number of anilines is 1. The molecule has 1 aromatic carbocycles. The molecule has 0 aliphatic carbocycles. The normalized spacial score (nSPS) is 10.3. The summed E-state index contributed by atoms with van der Waals surface area (Å²) in [6.45, 7) is 0. The van der Waals surface area contributed by atoms with E-state index in [4.69, 9.17) is 0 Å². The Morgan fingerprint density at radius 1 is 1.50 bits per heavy atom. The Bertz CT molecular complexity index is 559. The molecule has 0 aliphatic rings. The zero-order valence-electron chi connectivity index (χ0n) is 9.51. The molecule has 4 nitrogen and oxygen atoms in total. The SMILES string of the molecule is CSc1nnc(NC(=O)Cc2cccc(Br)c2)s1. The second kappa shape index (κ2) is 6.31. The van der Waals surface area contributed by atoms with Gasteiger partial charge in [-0.25, -0.2) is 0 Å². The minimum atomic E-state index is -0.0862. The number of hydrogen-bond donors (Lipinski definition) is 1. The molecular weight excluding hydrogens is 334 g/mol. The van der Waals surface area contributed by atoms with Crippen LogP contribution in [0.25, 0.3) is 0 Å². The van der Waals surface area contributed by atoms with Gasteiger partial charge in [0.25, 0.3) is 0 Å². The second-order valence-electron chi connectivity index (χ2n) is 3.43. The summed E-state index contributed by atoms with van der Waals surface area (Å²) in [6.07, 6.45) is 2.25. The first-order valence-corrected chi connectivity index (χ1v) is 7.92. The van der Waals surface area contributed by atoms with E-state index in [2.05, 4.69) is 31.4 Å². The smallest absolute Gasteiger partial charge is 0.230 e. The molecule has 0 saturated heterocycles. The van der Waals surface area contributed by atoms with Crippen LogP contribution in [0.3, 0.4) is 0 Å². The van der Waals surface area contributed by atoms with Gasteiger partial charge in [-0.05, 0) is 24.0 Å². The maximum absolute atomic E-state index is 11.8. The molecule has 0 saturated carbocycles. The van der Waals surface area contributed by atoms with E-state index in [1.165, 1.54) is 23.1 Å². The molecule has 0 atom stereocenters. The van der Waals surface area contributed by atoms with Gasteiger partial charge >= 0.3 is 0 Å². The van der Waals surface area contributed by atoms with Gasteiger partial charge in [0.1, 0.15) is 0 Å². The average Bonchev–Trinajstić information content (AvgIpc) is 2.76. The minimum absolute atomic E-state index is 0.0862. The molecule has 1 amide bonds. The number of nitrogens with one attached hydrogen (secondary N) is 1. The van der Waals surface area contributed by atoms with E-state index in [1.807, 2.05) is 30.5 Å². The lowest BCUT2D eigenvalue weighted by Gasteiger charge is -2.01. The summed E-state index contributed by atoms with van der Waals surface area (Å²) in [6, 6.07) is 7.67. The highest BCUT2D eigenvalue weighted by molar-refractivity contribution is 9.10. The van der Waals surface area contributed by atoms with Gasteiger partial charge in [-0.15, -0.1) is 10.2 Å². The molecule has 2 rings (SSSR count). The number of amides is 1. The molecule has 0 aliphatic heterocycles. The van der Waals surface area contributed by atoms with Crippen molar-refractivity contribution < 1.29 is 4.79 Å². The number of aromatic nitrogens is 2. The fourth-order valence-corrected chi connectivity index (χ4v) is 2.97. The Kier molecular flexibility index (Phi) is 4.73. The van der Waals surface area contributed by atoms with Gasteiger partial charge in [-0.2, -0.15) is 0 Å². The molecule has 94 valence electrons. The summed E-state index contributed by atoms with van der Waals surface area (Å²) < 4.78 is 1.81. The van der Waals surface area contributed by atoms with Crippen LogP contribution in [-0.4, -0.2) is 22.4 Å². The summed E-state index contributed by atoms with van der Waals surface area (Å²) in [5, 5.41) is 11.1. The van der Waals surface area contributed by atoms with Crippen LogP contribution in [0, 0.1) is 0 Å². The van der Waals surface area contributed by atoms with Crippen LogP contribution in [0.2, 0.25) is 0 Å². The van der Waals surface area contributed by atoms with Crippen molar-refractivity contribution in [2.75, 3.05) is 11.6 Å². The Morgan fingerprint density at radius 3 is 3.00 bits per heavy atom. The lowest BCUT2D eigenvalue weighted by Crippen LogP contribution is -2.14. The third-order valence-electron chi connectivity index (χ3n) is 2.08. The lowest BCUT2D eigenvalue weighted by atomic mass is 10.1. The van der Waals surface area contributed by atoms with Crippen LogP contribution in [0.4, 0.5) is 5.13 Å². The number of thioether (sulfide) groups is 1. The van der Waals surface area contributed by atoms with Crippen LogP contribution in [0.5, 0.6) is 0 Å². The molecule has 1 N–H and O–H groups in total. The number of benzene rings is 1. The minimum Gasteiger partial charge on any atom is -0.300 e. The van der Waals surface area contributed by atoms with Gasteiger partial charge in [0.05, 0.1) is 6.42 Å². The predicted molar refractivity (Wildman–Crippen MR) is 78.2 cm³/mol. The fourth-order valence-electron chi connectivity index (χ4n) is 1.34. The zero-order valence-corrected chi connectivity index (χ0v) is 12.7. The average molecular weight is 344 g/mol. The number of hydrogen-bond acceptors (Lipinski definition) is 5. The van der Waals surface area contributed by atoms with Crippen LogP contribution in [-0.2, 0) is 11.2 Å². The predicted octanol–water partition coefficient (Wildman–Crippen LogP) is 3.20. The van der Waals surface area contributed by atoms with Crippen molar-refractivity contribution in [3.8, 4) is 0 Å². The van der Waals surface area contributed by atoms with Crippen LogP contribution in [0.15, 0.2) is 33.1 Å². The number of rotatable bonds is 4. The molecule has 7 heteroatoms. The third-order valence-corrected chi connectivity index (χ3v) is 4.39. The highest BCUT2D eigenvalue weighted by Gasteiger charge is 2.08. The first kappa shape index (κ1) is 13.5. The van der Waals surface area contributed by atoms with E-state index in [-0.39, 0.29) is 5.91 Å². The molecule has 18 heavy (non-hydrogen) atoms. The summed E-state index contributed by atoms with van der Waals surface area (Å²) in [7, 11) is 0. The first-order chi connectivity index (χ1) is 8.67. The van der Waals surface area contributed by atoms with Gasteiger partial charge in [0.2, 0.25) is 11.0 Å². The lowest BCUT2D eigenvalue weighted by molar-refractivity contribution is -0.115. The van der Waals surface area contributed by atoms with Crippen molar-refractivity contribution in [2.24, 2.45) is 0 Å². The second-order valence-corrected chi connectivity index (χ2v) is 6.38. The molecule has 0 bridgehead atoms. The monoisotopic (exact) mass is 343 g/mol. The van der Waals surface area contributed by atoms with Gasteiger partial charge in [0.15, 0.2) is 4.34 Å². The van der Waals surface area contributed by atoms with Crippen LogP contribution in [0.1, 0.15) is 5.56 Å². The van der Waals surface area contributed by atoms with Crippen molar-refractivity contribution in [1.82, 2.24) is 10.2 Å². The number of halogens is 1. The van der Waals surface area contributed by atoms with Gasteiger partial charge in [0, 0.05) is 4.47 Å². The molecule has 0 fully saturated rings. The number of carbonyl (C=O) groups is 1. The van der Waals surface area contributed by atoms with Gasteiger partial charge in [-0.1, -0.05) is 51.2 Å². The maximum atomic E-state index is 11.8. The Morgan fingerprint density at radius 2 is 2.33 bits per heavy atom. The van der Waals surface area contributed by atoms with Gasteiger partial charge in [-0.3, -0.25) is 4.79 Å². The Balaban J connectivity index is 1.96. The van der Waals surface area contributed by atoms with E-state index >= 15 is 0 Å². The molecule has 1 aromatic heterocycles. The topological polar surface area (TPSA) is 54.9 Å². The highest BCUT2D eigenvalue weighted by Crippen LogP contribution is 2.23. The van der Waals surface area contributed by atoms with Gasteiger partial charge < -0.3 is 5.32 Å². The molecule has 0 spiro atoms. The largest absolute Gasteiger partial charge is 0.300 e. The Hall–Kier alpha value is -0.920. The summed E-state index contributed by atoms with van der Waals surface area (Å²) in [4.78, 5) is 11.8. The molecule has 1 heterocycles. The molecule has 2 aromatic rings.